The van der Waals surface area contributed by atoms with Gasteiger partial charge < -0.3 is 0 Å². The van der Waals surface area contributed by atoms with Crippen LogP contribution in [0.1, 0.15) is 20.8 Å². The van der Waals surface area contributed by atoms with Crippen LogP contribution in [0, 0.1) is 6.92 Å². The summed E-state index contributed by atoms with van der Waals surface area (Å²) in [6.07, 6.45) is 0. The van der Waals surface area contributed by atoms with E-state index >= 15 is 0 Å². The van der Waals surface area contributed by atoms with E-state index in [1.54, 1.807) is 29.6 Å². The average Bonchev–Trinajstić information content (AvgIpc) is 2.85. The minimum Gasteiger partial charge on any atom is -0.292 e. The number of thiophene rings is 1. The quantitative estimate of drug-likeness (QED) is 0.797. The van der Waals surface area contributed by atoms with Crippen LogP contribution in [0.4, 0.5) is 0 Å². The van der Waals surface area contributed by atoms with Gasteiger partial charge in [-0.2, -0.15) is 0 Å². The first-order valence-corrected chi connectivity index (χ1v) is 8.50. The van der Waals surface area contributed by atoms with Crippen LogP contribution in [-0.2, 0) is 15.6 Å². The van der Waals surface area contributed by atoms with Gasteiger partial charge in [-0.3, -0.25) is 4.79 Å². The molecule has 0 aliphatic carbocycles. The summed E-state index contributed by atoms with van der Waals surface area (Å²) in [5, 5.41) is 1.77. The molecule has 2 rings (SSSR count). The van der Waals surface area contributed by atoms with Gasteiger partial charge >= 0.3 is 0 Å². The third-order valence-corrected chi connectivity index (χ3v) is 5.15. The normalized spacial score (nSPS) is 11.4. The third-order valence-electron chi connectivity index (χ3n) is 2.78. The van der Waals surface area contributed by atoms with Crippen molar-refractivity contribution >= 4 is 27.0 Å². The molecule has 0 amide bonds. The van der Waals surface area contributed by atoms with E-state index in [9.17, 15) is 13.2 Å². The SMILES string of the molecule is Cc1ccccc1CS(=O)(=O)CC(=O)c1cccs1. The number of Topliss-reactive ketones (excluding diaryl/α,β-unsaturated/α-hetero) is 1. The largest absolute Gasteiger partial charge is 0.292 e. The zero-order valence-electron chi connectivity index (χ0n) is 10.5. The molecular weight excluding hydrogens is 280 g/mol. The van der Waals surface area contributed by atoms with Crippen molar-refractivity contribution in [3.05, 3.63) is 57.8 Å². The third kappa shape index (κ3) is 3.75. The smallest absolute Gasteiger partial charge is 0.187 e. The Hall–Kier alpha value is -1.46. The van der Waals surface area contributed by atoms with E-state index < -0.39 is 15.6 Å². The Bertz CT molecular complexity index is 670. The number of hydrogen-bond donors (Lipinski definition) is 0. The highest BCUT2D eigenvalue weighted by molar-refractivity contribution is 7.91. The molecule has 0 spiro atoms. The fourth-order valence-electron chi connectivity index (χ4n) is 1.77. The van der Waals surface area contributed by atoms with Crippen molar-refractivity contribution < 1.29 is 13.2 Å². The van der Waals surface area contributed by atoms with Gasteiger partial charge in [-0.15, -0.1) is 11.3 Å². The molecule has 0 saturated carbocycles. The van der Waals surface area contributed by atoms with Crippen LogP contribution in [-0.4, -0.2) is 20.0 Å². The predicted octanol–water partition coefficient (Wildman–Crippen LogP) is 2.85. The topological polar surface area (TPSA) is 51.2 Å². The molecule has 0 bridgehead atoms. The Morgan fingerprint density at radius 2 is 1.89 bits per heavy atom. The van der Waals surface area contributed by atoms with Crippen LogP contribution in [0.2, 0.25) is 0 Å². The van der Waals surface area contributed by atoms with Crippen molar-refractivity contribution in [3.8, 4) is 0 Å². The zero-order chi connectivity index (χ0) is 13.9. The fourth-order valence-corrected chi connectivity index (χ4v) is 3.98. The van der Waals surface area contributed by atoms with Gasteiger partial charge in [0.1, 0.15) is 5.75 Å². The van der Waals surface area contributed by atoms with Crippen molar-refractivity contribution in [1.82, 2.24) is 0 Å². The van der Waals surface area contributed by atoms with Crippen molar-refractivity contribution in [1.29, 1.82) is 0 Å². The van der Waals surface area contributed by atoms with Gasteiger partial charge in [0.2, 0.25) is 0 Å². The van der Waals surface area contributed by atoms with Crippen LogP contribution in [0.3, 0.4) is 0 Å². The summed E-state index contributed by atoms with van der Waals surface area (Å²) in [6.45, 7) is 1.87. The van der Waals surface area contributed by atoms with Gasteiger partial charge in [-0.1, -0.05) is 30.3 Å². The molecule has 0 unspecified atom stereocenters. The lowest BCUT2D eigenvalue weighted by atomic mass is 10.1. The van der Waals surface area contributed by atoms with Gasteiger partial charge in [-0.25, -0.2) is 8.42 Å². The van der Waals surface area contributed by atoms with E-state index in [2.05, 4.69) is 0 Å². The van der Waals surface area contributed by atoms with E-state index in [0.717, 1.165) is 11.1 Å². The summed E-state index contributed by atoms with van der Waals surface area (Å²) in [5.41, 5.74) is 1.68. The molecule has 19 heavy (non-hydrogen) atoms. The molecule has 0 saturated heterocycles. The summed E-state index contributed by atoms with van der Waals surface area (Å²) in [6, 6.07) is 10.7. The number of rotatable bonds is 5. The number of aryl methyl sites for hydroxylation is 1. The molecule has 0 aliphatic heterocycles. The Labute approximate surface area is 116 Å². The summed E-state index contributed by atoms with van der Waals surface area (Å²) in [7, 11) is -3.43. The van der Waals surface area contributed by atoms with Gasteiger partial charge in [0.05, 0.1) is 10.6 Å². The monoisotopic (exact) mass is 294 g/mol. The Morgan fingerprint density at radius 3 is 2.53 bits per heavy atom. The van der Waals surface area contributed by atoms with Crippen LogP contribution >= 0.6 is 11.3 Å². The molecule has 3 nitrogen and oxygen atoms in total. The first-order chi connectivity index (χ1) is 8.98. The molecule has 1 aromatic carbocycles. The van der Waals surface area contributed by atoms with Gasteiger partial charge in [0, 0.05) is 0 Å². The molecule has 0 fully saturated rings. The van der Waals surface area contributed by atoms with Gasteiger partial charge in [-0.05, 0) is 29.5 Å². The fraction of sp³-hybridized carbons (Fsp3) is 0.214. The van der Waals surface area contributed by atoms with E-state index in [4.69, 9.17) is 0 Å². The molecule has 1 heterocycles. The second-order valence-corrected chi connectivity index (χ2v) is 7.37. The Balaban J connectivity index is 2.12. The first-order valence-electron chi connectivity index (χ1n) is 5.79. The minimum atomic E-state index is -3.43. The summed E-state index contributed by atoms with van der Waals surface area (Å²) < 4.78 is 24.1. The summed E-state index contributed by atoms with van der Waals surface area (Å²) in [4.78, 5) is 12.3. The number of ketones is 1. The molecule has 0 N–H and O–H groups in total. The number of sulfone groups is 1. The highest BCUT2D eigenvalue weighted by atomic mass is 32.2. The van der Waals surface area contributed by atoms with Gasteiger partial charge in [0.15, 0.2) is 15.6 Å². The molecule has 0 radical (unpaired) electrons. The van der Waals surface area contributed by atoms with Crippen molar-refractivity contribution in [2.24, 2.45) is 0 Å². The standard InChI is InChI=1S/C14H14O3S2/c1-11-5-2-3-6-12(11)9-19(16,17)10-13(15)14-7-4-8-18-14/h2-8H,9-10H2,1H3. The predicted molar refractivity (Wildman–Crippen MR) is 77.3 cm³/mol. The molecule has 1 aromatic heterocycles. The maximum Gasteiger partial charge on any atom is 0.187 e. The van der Waals surface area contributed by atoms with E-state index in [1.807, 2.05) is 19.1 Å². The summed E-state index contributed by atoms with van der Waals surface area (Å²) >= 11 is 1.27. The number of hydrogen-bond acceptors (Lipinski definition) is 4. The summed E-state index contributed by atoms with van der Waals surface area (Å²) in [5.74, 6) is -0.845. The highest BCUT2D eigenvalue weighted by Crippen LogP contribution is 2.15. The highest BCUT2D eigenvalue weighted by Gasteiger charge is 2.19. The van der Waals surface area contributed by atoms with Crippen molar-refractivity contribution in [2.75, 3.05) is 5.75 Å². The van der Waals surface area contributed by atoms with Crippen molar-refractivity contribution in [2.45, 2.75) is 12.7 Å². The second kappa shape index (κ2) is 5.67. The number of carbonyl (C=O) groups is 1. The maximum absolute atomic E-state index is 12.0. The molecular formula is C14H14O3S2. The van der Waals surface area contributed by atoms with E-state index in [0.29, 0.717) is 4.88 Å². The van der Waals surface area contributed by atoms with Crippen LogP contribution in [0.25, 0.3) is 0 Å². The first kappa shape index (κ1) is 14.0. The lowest BCUT2D eigenvalue weighted by molar-refractivity contribution is 0.102. The minimum absolute atomic E-state index is 0.0865. The average molecular weight is 294 g/mol. The zero-order valence-corrected chi connectivity index (χ0v) is 12.1. The van der Waals surface area contributed by atoms with Crippen LogP contribution in [0.5, 0.6) is 0 Å². The number of carbonyl (C=O) groups excluding carboxylic acids is 1. The Morgan fingerprint density at radius 1 is 1.16 bits per heavy atom. The maximum atomic E-state index is 12.0. The molecule has 100 valence electrons. The van der Waals surface area contributed by atoms with E-state index in [1.165, 1.54) is 11.3 Å². The molecule has 0 aliphatic rings. The number of benzene rings is 1. The van der Waals surface area contributed by atoms with Gasteiger partial charge in [0.25, 0.3) is 0 Å². The van der Waals surface area contributed by atoms with Crippen LogP contribution < -0.4 is 0 Å². The van der Waals surface area contributed by atoms with Crippen molar-refractivity contribution in [3.63, 3.8) is 0 Å². The second-order valence-electron chi connectivity index (χ2n) is 4.36. The lowest BCUT2D eigenvalue weighted by Gasteiger charge is -2.06. The van der Waals surface area contributed by atoms with E-state index in [-0.39, 0.29) is 11.5 Å². The molecule has 5 heteroatoms. The Kier molecular flexibility index (Phi) is 4.17. The lowest BCUT2D eigenvalue weighted by Crippen LogP contribution is -2.17. The molecule has 2 aromatic rings. The van der Waals surface area contributed by atoms with Crippen LogP contribution in [0.15, 0.2) is 41.8 Å². The molecule has 0 atom stereocenters.